The number of hydrogen-bond donors (Lipinski definition) is 4. The molecule has 0 bridgehead atoms. The zero-order chi connectivity index (χ0) is 21.0. The summed E-state index contributed by atoms with van der Waals surface area (Å²) in [6.45, 7) is 0. The molecule has 1 aromatic carbocycles. The van der Waals surface area contributed by atoms with Gasteiger partial charge in [-0.15, -0.1) is 0 Å². The van der Waals surface area contributed by atoms with Gasteiger partial charge in [0, 0.05) is 24.8 Å². The lowest BCUT2D eigenvalue weighted by Gasteiger charge is -2.28. The van der Waals surface area contributed by atoms with Gasteiger partial charge in [0.1, 0.15) is 5.82 Å². The number of benzene rings is 1. The molecule has 1 aliphatic rings. The molecule has 5 N–H and O–H groups in total. The van der Waals surface area contributed by atoms with Crippen molar-refractivity contribution in [3.8, 4) is 0 Å². The number of amidine groups is 1. The molecule has 0 radical (unpaired) electrons. The summed E-state index contributed by atoms with van der Waals surface area (Å²) in [7, 11) is -2.12. The van der Waals surface area contributed by atoms with Gasteiger partial charge < -0.3 is 10.6 Å². The van der Waals surface area contributed by atoms with Crippen molar-refractivity contribution >= 4 is 43.5 Å². The average molecular weight is 490 g/mol. The second-order valence-corrected chi connectivity index (χ2v) is 8.82. The molecule has 2 aromatic rings. The largest absolute Gasteiger partial charge is 0.363 e. The van der Waals surface area contributed by atoms with Crippen LogP contribution in [0.3, 0.4) is 0 Å². The van der Waals surface area contributed by atoms with Crippen LogP contribution in [0.1, 0.15) is 31.4 Å². The third-order valence-electron chi connectivity index (χ3n) is 4.52. The summed E-state index contributed by atoms with van der Waals surface area (Å²) in [6.07, 6.45) is 2.73. The summed E-state index contributed by atoms with van der Waals surface area (Å²) in [6, 6.07) is 4.38. The van der Waals surface area contributed by atoms with E-state index in [0.717, 1.165) is 12.8 Å². The lowest BCUT2D eigenvalue weighted by atomic mass is 9.92. The Balaban J connectivity index is 1.65. The maximum atomic E-state index is 13.4. The van der Waals surface area contributed by atoms with E-state index < -0.39 is 10.2 Å². The fourth-order valence-electron chi connectivity index (χ4n) is 3.15. The minimum Gasteiger partial charge on any atom is -0.363 e. The fraction of sp³-hybridized carbons (Fsp3) is 0.438. The third-order valence-corrected chi connectivity index (χ3v) is 5.79. The molecule has 0 aliphatic heterocycles. The number of hydrogen-bond acceptors (Lipinski definition) is 7. The van der Waals surface area contributed by atoms with Gasteiger partial charge in [0.25, 0.3) is 10.2 Å². The first-order valence-electron chi connectivity index (χ1n) is 8.83. The summed E-state index contributed by atoms with van der Waals surface area (Å²) in [4.78, 5) is 4.19. The summed E-state index contributed by atoms with van der Waals surface area (Å²) in [5.41, 5.74) is 1.00. The molecule has 10 nitrogen and oxygen atoms in total. The molecule has 0 spiro atoms. The first-order valence-corrected chi connectivity index (χ1v) is 11.2. The molecule has 1 fully saturated rings. The van der Waals surface area contributed by atoms with Gasteiger partial charge in [-0.2, -0.15) is 13.1 Å². The number of rotatable bonds is 6. The van der Waals surface area contributed by atoms with Crippen molar-refractivity contribution in [3.63, 3.8) is 0 Å². The molecule has 13 heteroatoms. The van der Waals surface area contributed by atoms with Crippen LogP contribution >= 0.6 is 15.9 Å². The van der Waals surface area contributed by atoms with Crippen molar-refractivity contribution < 1.29 is 17.4 Å². The van der Waals surface area contributed by atoms with Crippen LogP contribution in [0.5, 0.6) is 0 Å². The van der Waals surface area contributed by atoms with Gasteiger partial charge in [-0.05, 0) is 70.1 Å². The molecule has 0 unspecified atom stereocenters. The van der Waals surface area contributed by atoms with Gasteiger partial charge in [0.2, 0.25) is 5.82 Å². The summed E-state index contributed by atoms with van der Waals surface area (Å²) in [5.74, 6) is 0.447. The number of nitrogens with zero attached hydrogens (tertiary/aromatic N) is 3. The molecular weight excluding hydrogens is 469 g/mol. The summed E-state index contributed by atoms with van der Waals surface area (Å²) < 4.78 is 43.4. The van der Waals surface area contributed by atoms with E-state index in [1.165, 1.54) is 6.07 Å². The lowest BCUT2D eigenvalue weighted by molar-refractivity contribution is 0.306. The Hall–Kier alpha value is -2.09. The van der Waals surface area contributed by atoms with Gasteiger partial charge >= 0.3 is 0 Å². The van der Waals surface area contributed by atoms with E-state index >= 15 is 0 Å². The second kappa shape index (κ2) is 9.15. The maximum absolute atomic E-state index is 13.4. The van der Waals surface area contributed by atoms with Crippen LogP contribution < -0.4 is 20.5 Å². The van der Waals surface area contributed by atoms with E-state index in [4.69, 9.17) is 9.77 Å². The zero-order valence-electron chi connectivity index (χ0n) is 15.5. The van der Waals surface area contributed by atoms with E-state index in [1.54, 1.807) is 19.2 Å². The molecule has 29 heavy (non-hydrogen) atoms. The van der Waals surface area contributed by atoms with E-state index in [1.807, 2.05) is 0 Å². The SMILES string of the molecule is CN=C(Nc1ccc(F)c(Br)c1)c1nonc1NC1CCC(NS(N)(=O)=O)CC1. The van der Waals surface area contributed by atoms with Crippen LogP contribution in [0.2, 0.25) is 0 Å². The van der Waals surface area contributed by atoms with Gasteiger partial charge in [-0.3, -0.25) is 4.99 Å². The number of halogens is 2. The van der Waals surface area contributed by atoms with Crippen molar-refractivity contribution in [2.45, 2.75) is 37.8 Å². The predicted molar refractivity (Wildman–Crippen MR) is 110 cm³/mol. The van der Waals surface area contributed by atoms with Crippen LogP contribution in [-0.4, -0.2) is 43.7 Å². The van der Waals surface area contributed by atoms with Crippen molar-refractivity contribution in [3.05, 3.63) is 34.2 Å². The van der Waals surface area contributed by atoms with Crippen molar-refractivity contribution in [2.75, 3.05) is 17.7 Å². The number of nitrogens with two attached hydrogens (primary N) is 1. The van der Waals surface area contributed by atoms with E-state index in [2.05, 4.69) is 46.6 Å². The molecule has 0 amide bonds. The van der Waals surface area contributed by atoms with Crippen LogP contribution in [0.4, 0.5) is 15.9 Å². The zero-order valence-corrected chi connectivity index (χ0v) is 17.9. The smallest absolute Gasteiger partial charge is 0.274 e. The monoisotopic (exact) mass is 489 g/mol. The van der Waals surface area contributed by atoms with Gasteiger partial charge in [-0.25, -0.2) is 14.2 Å². The number of aliphatic imine (C=N–C) groups is 1. The van der Waals surface area contributed by atoms with Gasteiger partial charge in [0.15, 0.2) is 11.5 Å². The van der Waals surface area contributed by atoms with Gasteiger partial charge in [0.05, 0.1) is 4.47 Å². The first kappa shape index (κ1) is 21.6. The Morgan fingerprint density at radius 1 is 1.28 bits per heavy atom. The minimum absolute atomic E-state index is 0.0669. The number of aromatic nitrogens is 2. The second-order valence-electron chi connectivity index (χ2n) is 6.64. The molecule has 1 aromatic heterocycles. The molecule has 0 atom stereocenters. The fourth-order valence-corrected chi connectivity index (χ4v) is 4.23. The maximum Gasteiger partial charge on any atom is 0.274 e. The Labute approximate surface area is 175 Å². The highest BCUT2D eigenvalue weighted by Gasteiger charge is 2.26. The summed E-state index contributed by atoms with van der Waals surface area (Å²) >= 11 is 3.15. The molecule has 3 rings (SSSR count). The number of anilines is 2. The van der Waals surface area contributed by atoms with E-state index in [0.29, 0.717) is 40.3 Å². The highest BCUT2D eigenvalue weighted by atomic mass is 79.9. The van der Waals surface area contributed by atoms with E-state index in [-0.39, 0.29) is 17.9 Å². The molecule has 1 saturated carbocycles. The van der Waals surface area contributed by atoms with Crippen LogP contribution in [0, 0.1) is 5.82 Å². The topological polar surface area (TPSA) is 148 Å². The molecule has 0 saturated heterocycles. The normalized spacial score (nSPS) is 20.5. The molecule has 1 heterocycles. The van der Waals surface area contributed by atoms with Crippen LogP contribution in [0.25, 0.3) is 0 Å². The quantitative estimate of drug-likeness (QED) is 0.358. The average Bonchev–Trinajstić information content (AvgIpc) is 3.11. The molecular formula is C16H21BrFN7O3S. The highest BCUT2D eigenvalue weighted by molar-refractivity contribution is 9.10. The third kappa shape index (κ3) is 5.95. The van der Waals surface area contributed by atoms with Crippen molar-refractivity contribution in [1.82, 2.24) is 15.0 Å². The Morgan fingerprint density at radius 2 is 1.97 bits per heavy atom. The standard InChI is InChI=1S/C16H21BrFN7O3S/c1-20-15(22-11-6-7-13(18)12(17)8-11)14-16(24-28-23-14)21-9-2-4-10(5-3-9)25-29(19,26)27/h6-10,25H,2-5H2,1H3,(H,20,22)(H,21,24)(H2,19,26,27). The first-order chi connectivity index (χ1) is 13.7. The Kier molecular flexibility index (Phi) is 6.82. The van der Waals surface area contributed by atoms with Gasteiger partial charge in [-0.1, -0.05) is 0 Å². The van der Waals surface area contributed by atoms with E-state index in [9.17, 15) is 12.8 Å². The number of nitrogens with one attached hydrogen (secondary N) is 3. The minimum atomic E-state index is -3.71. The Morgan fingerprint density at radius 3 is 2.59 bits per heavy atom. The predicted octanol–water partition coefficient (Wildman–Crippen LogP) is 1.98. The summed E-state index contributed by atoms with van der Waals surface area (Å²) in [5, 5.41) is 19.2. The Bertz CT molecular complexity index is 990. The van der Waals surface area contributed by atoms with Crippen molar-refractivity contribution in [1.29, 1.82) is 0 Å². The van der Waals surface area contributed by atoms with Crippen LogP contribution in [-0.2, 0) is 10.2 Å². The van der Waals surface area contributed by atoms with Crippen molar-refractivity contribution in [2.24, 2.45) is 10.1 Å². The van der Waals surface area contributed by atoms with Crippen LogP contribution in [0.15, 0.2) is 32.3 Å². The highest BCUT2D eigenvalue weighted by Crippen LogP contribution is 2.24. The molecule has 158 valence electrons. The molecule has 1 aliphatic carbocycles. The lowest BCUT2D eigenvalue weighted by Crippen LogP contribution is -2.43.